The molecular formula is C28H36O2Si. The molecule has 164 valence electrons. The quantitative estimate of drug-likeness (QED) is 0.377. The molecule has 0 bridgehead atoms. The summed E-state index contributed by atoms with van der Waals surface area (Å²) < 4.78 is 13.2. The maximum atomic E-state index is 7.08. The summed E-state index contributed by atoms with van der Waals surface area (Å²) in [5, 5.41) is 2.65. The molecule has 0 saturated carbocycles. The van der Waals surface area contributed by atoms with Crippen LogP contribution in [-0.4, -0.2) is 21.5 Å². The normalized spacial score (nSPS) is 13.2. The van der Waals surface area contributed by atoms with E-state index < -0.39 is 8.32 Å². The SMILES string of the molecule is CC[C@H](COCc1ccccc1)CO[Si](c1ccccc1)(c1ccccc1)C(C)(C)C. The maximum Gasteiger partial charge on any atom is 0.261 e. The second kappa shape index (κ2) is 10.9. The average molecular weight is 433 g/mol. The summed E-state index contributed by atoms with van der Waals surface area (Å²) in [6.07, 6.45) is 1.03. The van der Waals surface area contributed by atoms with Gasteiger partial charge in [-0.3, -0.25) is 0 Å². The molecule has 0 saturated heterocycles. The summed E-state index contributed by atoms with van der Waals surface area (Å²) in [7, 11) is -2.49. The highest BCUT2D eigenvalue weighted by atomic mass is 28.4. The fourth-order valence-electron chi connectivity index (χ4n) is 4.21. The van der Waals surface area contributed by atoms with Crippen molar-refractivity contribution in [2.24, 2.45) is 5.92 Å². The molecule has 3 aromatic carbocycles. The monoisotopic (exact) mass is 432 g/mol. The van der Waals surface area contributed by atoms with E-state index in [0.717, 1.165) is 6.42 Å². The molecule has 0 N–H and O–H groups in total. The van der Waals surface area contributed by atoms with E-state index in [9.17, 15) is 0 Å². The van der Waals surface area contributed by atoms with Gasteiger partial charge in [0, 0.05) is 12.5 Å². The van der Waals surface area contributed by atoms with Gasteiger partial charge in [-0.15, -0.1) is 0 Å². The van der Waals surface area contributed by atoms with Crippen molar-refractivity contribution >= 4 is 18.7 Å². The van der Waals surface area contributed by atoms with Crippen molar-refractivity contribution < 1.29 is 9.16 Å². The molecular weight excluding hydrogens is 396 g/mol. The van der Waals surface area contributed by atoms with Crippen LogP contribution < -0.4 is 10.4 Å². The molecule has 0 aromatic heterocycles. The molecule has 0 radical (unpaired) electrons. The molecule has 0 amide bonds. The molecule has 31 heavy (non-hydrogen) atoms. The zero-order chi connectivity index (χ0) is 22.2. The van der Waals surface area contributed by atoms with Crippen LogP contribution in [0.25, 0.3) is 0 Å². The molecule has 1 atom stereocenters. The molecule has 0 fully saturated rings. The third-order valence-corrected chi connectivity index (χ3v) is 11.0. The van der Waals surface area contributed by atoms with Gasteiger partial charge in [0.05, 0.1) is 13.2 Å². The Bertz CT molecular complexity index is 849. The van der Waals surface area contributed by atoms with E-state index in [-0.39, 0.29) is 5.04 Å². The summed E-state index contributed by atoms with van der Waals surface area (Å²) in [6, 6.07) is 32.1. The zero-order valence-electron chi connectivity index (χ0n) is 19.4. The Labute approximate surface area is 189 Å². The summed E-state index contributed by atoms with van der Waals surface area (Å²) in [6.45, 7) is 11.3. The summed E-state index contributed by atoms with van der Waals surface area (Å²) >= 11 is 0. The Morgan fingerprint density at radius 3 is 1.65 bits per heavy atom. The molecule has 3 heteroatoms. The number of hydrogen-bond acceptors (Lipinski definition) is 2. The lowest BCUT2D eigenvalue weighted by Crippen LogP contribution is -2.67. The fourth-order valence-corrected chi connectivity index (χ4v) is 8.85. The van der Waals surface area contributed by atoms with E-state index >= 15 is 0 Å². The summed E-state index contributed by atoms with van der Waals surface area (Å²) in [5.41, 5.74) is 1.21. The first-order chi connectivity index (χ1) is 15.0. The van der Waals surface area contributed by atoms with Gasteiger partial charge in [-0.25, -0.2) is 0 Å². The lowest BCUT2D eigenvalue weighted by Gasteiger charge is -2.43. The minimum absolute atomic E-state index is 0.00110. The Morgan fingerprint density at radius 1 is 0.710 bits per heavy atom. The van der Waals surface area contributed by atoms with Crippen LogP contribution in [0.4, 0.5) is 0 Å². The first kappa shape index (κ1) is 23.5. The van der Waals surface area contributed by atoms with E-state index in [1.165, 1.54) is 15.9 Å². The van der Waals surface area contributed by atoms with E-state index in [4.69, 9.17) is 9.16 Å². The Morgan fingerprint density at radius 2 is 1.19 bits per heavy atom. The van der Waals surface area contributed by atoms with Crippen molar-refractivity contribution in [2.75, 3.05) is 13.2 Å². The zero-order valence-corrected chi connectivity index (χ0v) is 20.4. The third-order valence-electron chi connectivity index (χ3n) is 5.99. The smallest absolute Gasteiger partial charge is 0.261 e. The van der Waals surface area contributed by atoms with E-state index in [2.05, 4.69) is 113 Å². The van der Waals surface area contributed by atoms with Crippen LogP contribution in [0, 0.1) is 5.92 Å². The van der Waals surface area contributed by atoms with Crippen molar-refractivity contribution in [2.45, 2.75) is 45.8 Å². The molecule has 2 nitrogen and oxygen atoms in total. The van der Waals surface area contributed by atoms with Crippen LogP contribution in [0.1, 0.15) is 39.7 Å². The molecule has 3 rings (SSSR count). The summed E-state index contributed by atoms with van der Waals surface area (Å²) in [4.78, 5) is 0. The van der Waals surface area contributed by atoms with Gasteiger partial charge in [0.15, 0.2) is 0 Å². The fraction of sp³-hybridized carbons (Fsp3) is 0.357. The first-order valence-electron chi connectivity index (χ1n) is 11.3. The van der Waals surface area contributed by atoms with Gasteiger partial charge in [-0.2, -0.15) is 0 Å². The molecule has 0 heterocycles. The maximum absolute atomic E-state index is 7.08. The molecule has 0 aliphatic rings. The van der Waals surface area contributed by atoms with Gasteiger partial charge >= 0.3 is 0 Å². The Kier molecular flexibility index (Phi) is 8.25. The highest BCUT2D eigenvalue weighted by Gasteiger charge is 2.50. The average Bonchev–Trinajstić information content (AvgIpc) is 2.79. The standard InChI is InChI=1S/C28H36O2Si/c1-5-24(21-29-22-25-15-9-6-10-16-25)23-30-31(28(2,3)4,26-17-11-7-12-18-26)27-19-13-8-14-20-27/h6-20,24H,5,21-23H2,1-4H3/t24-/m1/s1. The van der Waals surface area contributed by atoms with Gasteiger partial charge in [-0.05, 0) is 27.4 Å². The Balaban J connectivity index is 1.81. The first-order valence-corrected chi connectivity index (χ1v) is 13.2. The van der Waals surface area contributed by atoms with E-state index in [0.29, 0.717) is 25.7 Å². The number of hydrogen-bond donors (Lipinski definition) is 0. The van der Waals surface area contributed by atoms with Gasteiger partial charge < -0.3 is 9.16 Å². The topological polar surface area (TPSA) is 18.5 Å². The van der Waals surface area contributed by atoms with Gasteiger partial charge in [0.2, 0.25) is 0 Å². The van der Waals surface area contributed by atoms with Gasteiger partial charge in [0.1, 0.15) is 0 Å². The van der Waals surface area contributed by atoms with Crippen LogP contribution in [0.5, 0.6) is 0 Å². The second-order valence-electron chi connectivity index (χ2n) is 9.25. The van der Waals surface area contributed by atoms with E-state index in [1.807, 2.05) is 6.07 Å². The minimum atomic E-state index is -2.49. The highest BCUT2D eigenvalue weighted by molar-refractivity contribution is 6.99. The minimum Gasteiger partial charge on any atom is -0.407 e. The lowest BCUT2D eigenvalue weighted by molar-refractivity contribution is 0.0644. The predicted molar refractivity (Wildman–Crippen MR) is 133 cm³/mol. The number of ether oxygens (including phenoxy) is 1. The molecule has 0 spiro atoms. The third kappa shape index (κ3) is 5.73. The highest BCUT2D eigenvalue weighted by Crippen LogP contribution is 2.37. The van der Waals surface area contributed by atoms with Crippen LogP contribution in [-0.2, 0) is 15.8 Å². The van der Waals surface area contributed by atoms with E-state index in [1.54, 1.807) is 0 Å². The molecule has 3 aromatic rings. The van der Waals surface area contributed by atoms with Crippen LogP contribution in [0.15, 0.2) is 91.0 Å². The van der Waals surface area contributed by atoms with Crippen molar-refractivity contribution in [1.29, 1.82) is 0 Å². The lowest BCUT2D eigenvalue weighted by atomic mass is 10.1. The molecule has 0 unspecified atom stereocenters. The number of rotatable bonds is 10. The van der Waals surface area contributed by atoms with Crippen LogP contribution in [0.2, 0.25) is 5.04 Å². The van der Waals surface area contributed by atoms with Crippen molar-refractivity contribution in [1.82, 2.24) is 0 Å². The largest absolute Gasteiger partial charge is 0.407 e. The Hall–Kier alpha value is -2.20. The summed E-state index contributed by atoms with van der Waals surface area (Å²) in [5.74, 6) is 0.366. The molecule has 0 aliphatic carbocycles. The van der Waals surface area contributed by atoms with Gasteiger partial charge in [-0.1, -0.05) is 119 Å². The van der Waals surface area contributed by atoms with Crippen molar-refractivity contribution in [3.63, 3.8) is 0 Å². The van der Waals surface area contributed by atoms with Crippen molar-refractivity contribution in [3.8, 4) is 0 Å². The predicted octanol–water partition coefficient (Wildman–Crippen LogP) is 5.81. The second-order valence-corrected chi connectivity index (χ2v) is 13.6. The van der Waals surface area contributed by atoms with Crippen LogP contribution >= 0.6 is 0 Å². The molecule has 0 aliphatic heterocycles. The van der Waals surface area contributed by atoms with Crippen LogP contribution in [0.3, 0.4) is 0 Å². The van der Waals surface area contributed by atoms with Gasteiger partial charge in [0.25, 0.3) is 8.32 Å². The van der Waals surface area contributed by atoms with Crippen molar-refractivity contribution in [3.05, 3.63) is 96.6 Å². The number of benzene rings is 3.